The summed E-state index contributed by atoms with van der Waals surface area (Å²) in [6.07, 6.45) is 0. The zero-order valence-corrected chi connectivity index (χ0v) is 41.6. The number of hydrogen-bond acceptors (Lipinski definition) is 3. The van der Waals surface area contributed by atoms with E-state index in [1.807, 2.05) is 0 Å². The van der Waals surface area contributed by atoms with Crippen LogP contribution in [0, 0.1) is 48.5 Å². The number of hydrogen-bond donors (Lipinski definition) is 0. The van der Waals surface area contributed by atoms with Crippen LogP contribution >= 0.6 is 0 Å². The summed E-state index contributed by atoms with van der Waals surface area (Å²) in [6, 6.07) is 51.5. The molecule has 0 saturated heterocycles. The van der Waals surface area contributed by atoms with Gasteiger partial charge in [-0.1, -0.05) is 131 Å². The quantitative estimate of drug-likeness (QED) is 0.164. The minimum atomic E-state index is -0.164. The molecule has 0 aliphatic carbocycles. The Kier molecular flexibility index (Phi) is 9.67. The van der Waals surface area contributed by atoms with Crippen LogP contribution in [0.2, 0.25) is 0 Å². The topological polar surface area (TPSA) is 19.6 Å². The third kappa shape index (κ3) is 6.85. The molecule has 0 N–H and O–H groups in total. The summed E-state index contributed by atoms with van der Waals surface area (Å²) in [5, 5.41) is 2.28. The third-order valence-corrected chi connectivity index (χ3v) is 14.7. The van der Waals surface area contributed by atoms with Gasteiger partial charge in [-0.15, -0.1) is 0 Å². The lowest BCUT2D eigenvalue weighted by Gasteiger charge is -2.46. The Labute approximate surface area is 398 Å². The lowest BCUT2D eigenvalue weighted by molar-refractivity contribution is 0.590. The SMILES string of the molecule is Cc1cc(C)c(-c2cccc(N3c4cc(-c5c(C)cc(C)cc5C)ccc4B4c5c3cc3c(oc6ccc(C)cc63)c5-c3cc(C(C)(C)C)ccc3N4c3ccc(C(C)(C)C)cc3)c2)c(C)c1. The number of nitrogens with zero attached hydrogens (tertiary/aromatic N) is 2. The van der Waals surface area contributed by atoms with Crippen LogP contribution in [0.5, 0.6) is 0 Å². The second-order valence-electron chi connectivity index (χ2n) is 21.9. The van der Waals surface area contributed by atoms with Gasteiger partial charge in [0.25, 0.3) is 0 Å². The molecule has 1 aromatic heterocycles. The molecule has 0 saturated carbocycles. The highest BCUT2D eigenvalue weighted by Crippen LogP contribution is 2.52. The average molecular weight is 873 g/mol. The first-order valence-corrected chi connectivity index (χ1v) is 24.1. The molecule has 3 heterocycles. The molecule has 0 radical (unpaired) electrons. The summed E-state index contributed by atoms with van der Waals surface area (Å²) in [5.74, 6) is 0. The van der Waals surface area contributed by atoms with E-state index in [4.69, 9.17) is 4.42 Å². The van der Waals surface area contributed by atoms with Crippen molar-refractivity contribution in [3.8, 4) is 33.4 Å². The van der Waals surface area contributed by atoms with Gasteiger partial charge in [0.15, 0.2) is 0 Å². The molecule has 3 nitrogen and oxygen atoms in total. The van der Waals surface area contributed by atoms with Gasteiger partial charge < -0.3 is 14.1 Å². The minimum absolute atomic E-state index is 0.0236. The minimum Gasteiger partial charge on any atom is -0.455 e. The maximum atomic E-state index is 7.17. The Morgan fingerprint density at radius 2 is 1.06 bits per heavy atom. The Hall–Kier alpha value is -6.78. The van der Waals surface area contributed by atoms with Gasteiger partial charge in [-0.25, -0.2) is 0 Å². The number of rotatable bonds is 4. The fourth-order valence-corrected chi connectivity index (χ4v) is 11.7. The van der Waals surface area contributed by atoms with Crippen LogP contribution in [0.25, 0.3) is 55.3 Å². The first-order chi connectivity index (χ1) is 31.8. The molecule has 0 unspecified atom stereocenters. The van der Waals surface area contributed by atoms with E-state index in [1.165, 1.54) is 117 Å². The molecule has 11 rings (SSSR count). The van der Waals surface area contributed by atoms with E-state index in [0.29, 0.717) is 0 Å². The van der Waals surface area contributed by atoms with Gasteiger partial charge in [0.2, 0.25) is 0 Å². The largest absolute Gasteiger partial charge is 0.455 e. The molecule has 9 aromatic rings. The van der Waals surface area contributed by atoms with Gasteiger partial charge in [0.05, 0.1) is 0 Å². The van der Waals surface area contributed by atoms with Crippen LogP contribution in [0.4, 0.5) is 28.4 Å². The van der Waals surface area contributed by atoms with Crippen LogP contribution in [0.15, 0.2) is 138 Å². The van der Waals surface area contributed by atoms with Gasteiger partial charge in [0.1, 0.15) is 11.2 Å². The third-order valence-electron chi connectivity index (χ3n) is 14.7. The van der Waals surface area contributed by atoms with Gasteiger partial charge in [-0.2, -0.15) is 0 Å². The molecule has 4 heteroatoms. The van der Waals surface area contributed by atoms with Crippen molar-refractivity contribution in [2.24, 2.45) is 0 Å². The van der Waals surface area contributed by atoms with Gasteiger partial charge in [-0.3, -0.25) is 0 Å². The van der Waals surface area contributed by atoms with Crippen LogP contribution < -0.4 is 20.6 Å². The van der Waals surface area contributed by atoms with Gasteiger partial charge in [0, 0.05) is 50.3 Å². The average Bonchev–Trinajstić information content (AvgIpc) is 3.62. The zero-order chi connectivity index (χ0) is 47.0. The fourth-order valence-electron chi connectivity index (χ4n) is 11.7. The lowest BCUT2D eigenvalue weighted by atomic mass is 9.43. The van der Waals surface area contributed by atoms with Crippen LogP contribution in [-0.4, -0.2) is 6.85 Å². The van der Waals surface area contributed by atoms with Crippen molar-refractivity contribution in [3.63, 3.8) is 0 Å². The summed E-state index contributed by atoms with van der Waals surface area (Å²) in [4.78, 5) is 5.22. The van der Waals surface area contributed by atoms with Crippen molar-refractivity contribution in [1.29, 1.82) is 0 Å². The molecule has 0 spiro atoms. The zero-order valence-electron chi connectivity index (χ0n) is 41.6. The highest BCUT2D eigenvalue weighted by Gasteiger charge is 2.47. The Morgan fingerprint density at radius 1 is 0.448 bits per heavy atom. The molecule has 8 aromatic carbocycles. The maximum Gasteiger partial charge on any atom is 0.333 e. The molecule has 0 atom stereocenters. The van der Waals surface area contributed by atoms with E-state index in [-0.39, 0.29) is 17.7 Å². The summed E-state index contributed by atoms with van der Waals surface area (Å²) in [7, 11) is 0. The van der Waals surface area contributed by atoms with Crippen LogP contribution in [0.1, 0.15) is 91.6 Å². The Bertz CT molecular complexity index is 3470. The highest BCUT2D eigenvalue weighted by atomic mass is 16.3. The van der Waals surface area contributed by atoms with E-state index >= 15 is 0 Å². The molecule has 67 heavy (non-hydrogen) atoms. The predicted molar refractivity (Wildman–Crippen MR) is 289 cm³/mol. The molecule has 0 fully saturated rings. The number of anilines is 5. The summed E-state index contributed by atoms with van der Waals surface area (Å²) in [6.45, 7) is 29.3. The summed E-state index contributed by atoms with van der Waals surface area (Å²) < 4.78 is 7.17. The number of fused-ring (bicyclic) bond motifs is 8. The van der Waals surface area contributed by atoms with E-state index < -0.39 is 0 Å². The molecule has 2 aliphatic rings. The predicted octanol–water partition coefficient (Wildman–Crippen LogP) is 16.4. The van der Waals surface area contributed by atoms with Crippen LogP contribution in [0.3, 0.4) is 0 Å². The summed E-state index contributed by atoms with van der Waals surface area (Å²) >= 11 is 0. The van der Waals surface area contributed by atoms with Crippen molar-refractivity contribution in [1.82, 2.24) is 0 Å². The van der Waals surface area contributed by atoms with Crippen LogP contribution in [-0.2, 0) is 10.8 Å². The normalized spacial score (nSPS) is 13.4. The maximum absolute atomic E-state index is 7.17. The number of furan rings is 1. The van der Waals surface area contributed by atoms with Crippen molar-refractivity contribution < 1.29 is 4.42 Å². The van der Waals surface area contributed by atoms with Gasteiger partial charge >= 0.3 is 6.85 Å². The molecular formula is C63H61BN2O. The lowest BCUT2D eigenvalue weighted by Crippen LogP contribution is -2.61. The van der Waals surface area contributed by atoms with Crippen molar-refractivity contribution in [2.45, 2.75) is 101 Å². The van der Waals surface area contributed by atoms with E-state index in [1.54, 1.807) is 0 Å². The summed E-state index contributed by atoms with van der Waals surface area (Å²) in [5.41, 5.74) is 29.2. The molecule has 2 aliphatic heterocycles. The van der Waals surface area contributed by atoms with Gasteiger partial charge in [-0.05, 0) is 187 Å². The smallest absolute Gasteiger partial charge is 0.333 e. The van der Waals surface area contributed by atoms with E-state index in [9.17, 15) is 0 Å². The number of benzene rings is 8. The second-order valence-corrected chi connectivity index (χ2v) is 21.9. The van der Waals surface area contributed by atoms with Crippen molar-refractivity contribution in [2.75, 3.05) is 9.71 Å². The van der Waals surface area contributed by atoms with E-state index in [2.05, 4.69) is 233 Å². The highest BCUT2D eigenvalue weighted by molar-refractivity contribution is 6.94. The molecule has 0 bridgehead atoms. The van der Waals surface area contributed by atoms with E-state index in [0.717, 1.165) is 27.6 Å². The molecule has 0 amide bonds. The standard InChI is InChI=1S/C63H61BN2O/c1-36-17-26-56-49(31-36)50-35-55-60-59(61(50)67-56)51-34-46(63(11,12)13)21-25-53(51)66(47-22-19-45(20-23-47)62(8,9)10)64(60)52-24-18-44(58-41(6)29-38(3)30-42(58)7)33-54(52)65(55)48-16-14-15-43(32-48)57-39(4)27-37(2)28-40(57)5/h14-35H,1-13H3. The molecular weight excluding hydrogens is 812 g/mol. The first-order valence-electron chi connectivity index (χ1n) is 24.1. The van der Waals surface area contributed by atoms with Crippen molar-refractivity contribution in [3.05, 3.63) is 184 Å². The second kappa shape index (κ2) is 15.1. The Balaban J connectivity index is 1.30. The monoisotopic (exact) mass is 872 g/mol. The fraction of sp³-hybridized carbons (Fsp3) is 0.238. The molecule has 332 valence electrons. The number of aryl methyl sites for hydroxylation is 7. The first kappa shape index (κ1) is 42.8. The Morgan fingerprint density at radius 3 is 1.69 bits per heavy atom. The van der Waals surface area contributed by atoms with Crippen molar-refractivity contribution >= 4 is 68.1 Å².